The molecular formula is C58H40N2. The van der Waals surface area contributed by atoms with Gasteiger partial charge in [-0.1, -0.05) is 182 Å². The maximum absolute atomic E-state index is 2.52. The number of nitrogens with zero attached hydrogens (tertiary/aromatic N) is 2. The molecule has 0 atom stereocenters. The summed E-state index contributed by atoms with van der Waals surface area (Å²) in [5.74, 6) is 0. The van der Waals surface area contributed by atoms with Crippen LogP contribution < -0.4 is 4.90 Å². The summed E-state index contributed by atoms with van der Waals surface area (Å²) in [5.41, 5.74) is 16.1. The molecule has 11 aromatic rings. The summed E-state index contributed by atoms with van der Waals surface area (Å²) in [5, 5.41) is 4.87. The highest BCUT2D eigenvalue weighted by Crippen LogP contribution is 2.49. The van der Waals surface area contributed by atoms with Gasteiger partial charge in [-0.2, -0.15) is 0 Å². The Bertz CT molecular complexity index is 3310. The summed E-state index contributed by atoms with van der Waals surface area (Å²) in [6, 6.07) is 88.1. The van der Waals surface area contributed by atoms with Crippen LogP contribution >= 0.6 is 0 Å². The molecule has 0 aliphatic carbocycles. The van der Waals surface area contributed by atoms with E-state index in [9.17, 15) is 0 Å². The smallest absolute Gasteiger partial charge is 0.0562 e. The van der Waals surface area contributed by atoms with E-state index >= 15 is 0 Å². The fourth-order valence-corrected chi connectivity index (χ4v) is 8.97. The lowest BCUT2D eigenvalue weighted by molar-refractivity contribution is 1.18. The third kappa shape index (κ3) is 6.23. The van der Waals surface area contributed by atoms with E-state index < -0.39 is 0 Å². The Morgan fingerprint density at radius 3 is 1.67 bits per heavy atom. The SMILES string of the molecule is c1ccc(-c2cccc(-c3ccccc3N(c3ccc(-c4ccc5ccccc5c4)cc3-c3ccccc3)c3cccc4c3c3ccccc3n4-c3ccccc3)c2)cc1. The third-order valence-corrected chi connectivity index (χ3v) is 11.8. The first-order valence-electron chi connectivity index (χ1n) is 20.6. The fourth-order valence-electron chi connectivity index (χ4n) is 8.97. The maximum atomic E-state index is 2.52. The molecule has 0 unspecified atom stereocenters. The monoisotopic (exact) mass is 764 g/mol. The zero-order chi connectivity index (χ0) is 39.8. The number of benzene rings is 10. The molecule has 0 fully saturated rings. The Morgan fingerprint density at radius 2 is 0.833 bits per heavy atom. The van der Waals surface area contributed by atoms with Gasteiger partial charge in [0.25, 0.3) is 0 Å². The van der Waals surface area contributed by atoms with Crippen LogP contribution in [0.15, 0.2) is 243 Å². The Kier molecular flexibility index (Phi) is 8.87. The van der Waals surface area contributed by atoms with Gasteiger partial charge in [-0.3, -0.25) is 0 Å². The van der Waals surface area contributed by atoms with Crippen molar-refractivity contribution in [3.63, 3.8) is 0 Å². The summed E-state index contributed by atoms with van der Waals surface area (Å²) < 4.78 is 2.41. The van der Waals surface area contributed by atoms with E-state index in [0.29, 0.717) is 0 Å². The highest BCUT2D eigenvalue weighted by atomic mass is 15.2. The first-order valence-corrected chi connectivity index (χ1v) is 20.6. The van der Waals surface area contributed by atoms with Gasteiger partial charge in [-0.05, 0) is 105 Å². The minimum atomic E-state index is 1.10. The molecule has 1 aromatic heterocycles. The van der Waals surface area contributed by atoms with Crippen molar-refractivity contribution in [1.29, 1.82) is 0 Å². The highest BCUT2D eigenvalue weighted by Gasteiger charge is 2.25. The van der Waals surface area contributed by atoms with Crippen molar-refractivity contribution in [2.75, 3.05) is 4.90 Å². The lowest BCUT2D eigenvalue weighted by Crippen LogP contribution is -2.13. The number of para-hydroxylation sites is 3. The van der Waals surface area contributed by atoms with Crippen LogP contribution in [0.25, 0.3) is 82.8 Å². The van der Waals surface area contributed by atoms with Crippen molar-refractivity contribution >= 4 is 49.6 Å². The number of hydrogen-bond acceptors (Lipinski definition) is 1. The maximum Gasteiger partial charge on any atom is 0.0562 e. The van der Waals surface area contributed by atoms with Gasteiger partial charge in [-0.25, -0.2) is 0 Å². The minimum absolute atomic E-state index is 1.10. The van der Waals surface area contributed by atoms with Crippen molar-refractivity contribution in [3.05, 3.63) is 243 Å². The average molecular weight is 765 g/mol. The zero-order valence-electron chi connectivity index (χ0n) is 33.0. The molecule has 60 heavy (non-hydrogen) atoms. The van der Waals surface area contributed by atoms with Gasteiger partial charge in [0.05, 0.1) is 28.1 Å². The molecule has 0 bridgehead atoms. The second kappa shape index (κ2) is 15.1. The van der Waals surface area contributed by atoms with Crippen LogP contribution in [0.2, 0.25) is 0 Å². The second-order valence-electron chi connectivity index (χ2n) is 15.3. The van der Waals surface area contributed by atoms with E-state index in [2.05, 4.69) is 252 Å². The van der Waals surface area contributed by atoms with Crippen molar-refractivity contribution in [1.82, 2.24) is 4.57 Å². The van der Waals surface area contributed by atoms with Crippen molar-refractivity contribution in [3.8, 4) is 50.2 Å². The van der Waals surface area contributed by atoms with E-state index in [1.54, 1.807) is 0 Å². The molecule has 282 valence electrons. The quantitative estimate of drug-likeness (QED) is 0.150. The van der Waals surface area contributed by atoms with Crippen LogP contribution in [0, 0.1) is 0 Å². The molecule has 1 heterocycles. The summed E-state index contributed by atoms with van der Waals surface area (Å²) >= 11 is 0. The molecule has 0 aliphatic rings. The van der Waals surface area contributed by atoms with Gasteiger partial charge in [0.15, 0.2) is 0 Å². The molecule has 0 aliphatic heterocycles. The topological polar surface area (TPSA) is 8.17 Å². The van der Waals surface area contributed by atoms with Gasteiger partial charge >= 0.3 is 0 Å². The number of aromatic nitrogens is 1. The van der Waals surface area contributed by atoms with Crippen molar-refractivity contribution in [2.24, 2.45) is 0 Å². The number of anilines is 3. The fraction of sp³-hybridized carbons (Fsp3) is 0. The largest absolute Gasteiger partial charge is 0.309 e. The molecule has 0 N–H and O–H groups in total. The van der Waals surface area contributed by atoms with Gasteiger partial charge in [0.2, 0.25) is 0 Å². The van der Waals surface area contributed by atoms with E-state index in [1.165, 1.54) is 49.3 Å². The van der Waals surface area contributed by atoms with Crippen molar-refractivity contribution in [2.45, 2.75) is 0 Å². The predicted molar refractivity (Wildman–Crippen MR) is 255 cm³/mol. The normalized spacial score (nSPS) is 11.3. The summed E-state index contributed by atoms with van der Waals surface area (Å²) in [6.45, 7) is 0. The summed E-state index contributed by atoms with van der Waals surface area (Å²) in [7, 11) is 0. The van der Waals surface area contributed by atoms with Gasteiger partial charge in [0, 0.05) is 27.6 Å². The molecule has 0 saturated carbocycles. The molecule has 2 nitrogen and oxygen atoms in total. The molecule has 11 rings (SSSR count). The van der Waals surface area contributed by atoms with E-state index in [-0.39, 0.29) is 0 Å². The van der Waals surface area contributed by atoms with Gasteiger partial charge in [0.1, 0.15) is 0 Å². The van der Waals surface area contributed by atoms with Crippen LogP contribution in [0.4, 0.5) is 17.1 Å². The van der Waals surface area contributed by atoms with Crippen LogP contribution in [0.1, 0.15) is 0 Å². The predicted octanol–water partition coefficient (Wildman–Crippen LogP) is 16.1. The molecule has 0 amide bonds. The van der Waals surface area contributed by atoms with Crippen LogP contribution in [-0.4, -0.2) is 4.57 Å². The molecule has 0 saturated heterocycles. The third-order valence-electron chi connectivity index (χ3n) is 11.8. The molecule has 10 aromatic carbocycles. The zero-order valence-corrected chi connectivity index (χ0v) is 33.0. The number of rotatable bonds is 8. The summed E-state index contributed by atoms with van der Waals surface area (Å²) in [6.07, 6.45) is 0. The van der Waals surface area contributed by atoms with Crippen LogP contribution in [0.3, 0.4) is 0 Å². The highest BCUT2D eigenvalue weighted by molar-refractivity contribution is 6.17. The first kappa shape index (κ1) is 35.2. The lowest BCUT2D eigenvalue weighted by atomic mass is 9.93. The Labute approximate surface area is 350 Å². The van der Waals surface area contributed by atoms with Gasteiger partial charge < -0.3 is 9.47 Å². The molecule has 2 heteroatoms. The van der Waals surface area contributed by atoms with E-state index in [1.807, 2.05) is 0 Å². The standard InChI is InChI=1S/C58H40N2/c1-4-18-41(19-5-1)45-24-16-25-48(39-45)50-28-12-14-30-53(50)60(57-33-17-32-56-58(57)51-29-13-15-31-54(51)59(56)49-26-8-3-9-27-49)55-37-36-47(40-52(55)43-21-6-2-7-22-43)46-35-34-42-20-10-11-23-44(42)38-46/h1-40H. The lowest BCUT2D eigenvalue weighted by Gasteiger charge is -2.31. The average Bonchev–Trinajstić information content (AvgIpc) is 3.68. The second-order valence-corrected chi connectivity index (χ2v) is 15.3. The Balaban J connectivity index is 1.21. The molecule has 0 radical (unpaired) electrons. The van der Waals surface area contributed by atoms with E-state index in [4.69, 9.17) is 0 Å². The Morgan fingerprint density at radius 1 is 0.283 bits per heavy atom. The molecular weight excluding hydrogens is 725 g/mol. The van der Waals surface area contributed by atoms with E-state index in [0.717, 1.165) is 50.5 Å². The summed E-state index contributed by atoms with van der Waals surface area (Å²) in [4.78, 5) is 2.52. The minimum Gasteiger partial charge on any atom is -0.309 e. The Hall–Kier alpha value is -7.94. The number of hydrogen-bond donors (Lipinski definition) is 0. The van der Waals surface area contributed by atoms with Crippen molar-refractivity contribution < 1.29 is 0 Å². The van der Waals surface area contributed by atoms with Crippen LogP contribution in [0.5, 0.6) is 0 Å². The number of fused-ring (bicyclic) bond motifs is 4. The van der Waals surface area contributed by atoms with Gasteiger partial charge in [-0.15, -0.1) is 0 Å². The first-order chi connectivity index (χ1) is 29.8. The molecule has 0 spiro atoms. The van der Waals surface area contributed by atoms with Crippen LogP contribution in [-0.2, 0) is 0 Å².